The van der Waals surface area contributed by atoms with Gasteiger partial charge in [0.2, 0.25) is 0 Å². The second kappa shape index (κ2) is 3.37. The van der Waals surface area contributed by atoms with Crippen LogP contribution in [0.25, 0.3) is 10.9 Å². The van der Waals surface area contributed by atoms with E-state index in [1.165, 1.54) is 16.6 Å². The number of carboxylic acids is 1. The van der Waals surface area contributed by atoms with Crippen molar-refractivity contribution in [2.24, 2.45) is 5.92 Å². The Labute approximate surface area is 93.1 Å². The van der Waals surface area contributed by atoms with Gasteiger partial charge in [0, 0.05) is 16.6 Å². The van der Waals surface area contributed by atoms with E-state index in [-0.39, 0.29) is 5.92 Å². The van der Waals surface area contributed by atoms with Gasteiger partial charge in [0.1, 0.15) is 0 Å². The molecule has 0 unspecified atom stereocenters. The van der Waals surface area contributed by atoms with Crippen LogP contribution in [-0.2, 0) is 17.6 Å². The van der Waals surface area contributed by atoms with Gasteiger partial charge in [-0.2, -0.15) is 0 Å². The quantitative estimate of drug-likeness (QED) is 0.767. The minimum absolute atomic E-state index is 0.216. The Bertz CT molecular complexity index is 556. The standard InChI is InChI=1S/C13H13NO2/c15-13(16)8-5-6-12-10(7-8)9-3-1-2-4-11(9)14-12/h1-4,8,14H,5-7H2,(H,15,16)/t8-/m0/s1. The first-order valence-corrected chi connectivity index (χ1v) is 5.57. The molecule has 3 heteroatoms. The molecule has 1 aromatic carbocycles. The Balaban J connectivity index is 2.11. The van der Waals surface area contributed by atoms with Crippen molar-refractivity contribution in [2.45, 2.75) is 19.3 Å². The first-order chi connectivity index (χ1) is 7.75. The summed E-state index contributed by atoms with van der Waals surface area (Å²) in [5.41, 5.74) is 3.55. The summed E-state index contributed by atoms with van der Waals surface area (Å²) in [6.45, 7) is 0. The van der Waals surface area contributed by atoms with Crippen molar-refractivity contribution in [3.8, 4) is 0 Å². The third-order valence-corrected chi connectivity index (χ3v) is 3.44. The number of fused-ring (bicyclic) bond motifs is 3. The van der Waals surface area contributed by atoms with Gasteiger partial charge < -0.3 is 10.1 Å². The number of aliphatic carboxylic acids is 1. The van der Waals surface area contributed by atoms with Crippen LogP contribution in [0.3, 0.4) is 0 Å². The maximum Gasteiger partial charge on any atom is 0.306 e. The van der Waals surface area contributed by atoms with Crippen LogP contribution in [0.4, 0.5) is 0 Å². The number of hydrogen-bond acceptors (Lipinski definition) is 1. The number of aromatic nitrogens is 1. The summed E-state index contributed by atoms with van der Waals surface area (Å²) in [7, 11) is 0. The van der Waals surface area contributed by atoms with Crippen LogP contribution in [-0.4, -0.2) is 16.1 Å². The minimum Gasteiger partial charge on any atom is -0.481 e. The van der Waals surface area contributed by atoms with Crippen molar-refractivity contribution in [3.05, 3.63) is 35.5 Å². The predicted molar refractivity (Wildman–Crippen MR) is 61.4 cm³/mol. The van der Waals surface area contributed by atoms with Gasteiger partial charge in [-0.1, -0.05) is 18.2 Å². The van der Waals surface area contributed by atoms with Crippen molar-refractivity contribution in [1.29, 1.82) is 0 Å². The summed E-state index contributed by atoms with van der Waals surface area (Å²) in [5.74, 6) is -0.886. The monoisotopic (exact) mass is 215 g/mol. The first kappa shape index (κ1) is 9.46. The summed E-state index contributed by atoms with van der Waals surface area (Å²) in [6, 6.07) is 8.11. The highest BCUT2D eigenvalue weighted by atomic mass is 16.4. The molecule has 82 valence electrons. The lowest BCUT2D eigenvalue weighted by Gasteiger charge is -2.18. The Hall–Kier alpha value is -1.77. The molecule has 0 saturated heterocycles. The highest BCUT2D eigenvalue weighted by Gasteiger charge is 2.26. The molecule has 0 bridgehead atoms. The topological polar surface area (TPSA) is 53.1 Å². The Morgan fingerprint density at radius 3 is 3.00 bits per heavy atom. The van der Waals surface area contributed by atoms with E-state index in [1.54, 1.807) is 0 Å². The van der Waals surface area contributed by atoms with E-state index in [0.717, 1.165) is 18.4 Å². The van der Waals surface area contributed by atoms with Crippen molar-refractivity contribution < 1.29 is 9.90 Å². The zero-order chi connectivity index (χ0) is 11.1. The van der Waals surface area contributed by atoms with Crippen LogP contribution >= 0.6 is 0 Å². The zero-order valence-electron chi connectivity index (χ0n) is 8.86. The summed E-state index contributed by atoms with van der Waals surface area (Å²) < 4.78 is 0. The molecule has 3 nitrogen and oxygen atoms in total. The molecule has 0 aliphatic heterocycles. The number of para-hydroxylation sites is 1. The lowest BCUT2D eigenvalue weighted by atomic mass is 9.86. The number of benzene rings is 1. The maximum atomic E-state index is 11.0. The number of rotatable bonds is 1. The van der Waals surface area contributed by atoms with Crippen molar-refractivity contribution in [1.82, 2.24) is 4.98 Å². The molecule has 2 aromatic rings. The maximum absolute atomic E-state index is 11.0. The smallest absolute Gasteiger partial charge is 0.306 e. The van der Waals surface area contributed by atoms with E-state index in [9.17, 15) is 4.79 Å². The van der Waals surface area contributed by atoms with Gasteiger partial charge in [0.25, 0.3) is 0 Å². The molecule has 0 fully saturated rings. The molecule has 0 radical (unpaired) electrons. The number of nitrogens with one attached hydrogen (secondary N) is 1. The SMILES string of the molecule is O=C(O)[C@H]1CCc2[nH]c3ccccc3c2C1. The number of aromatic amines is 1. The van der Waals surface area contributed by atoms with Crippen LogP contribution in [0.2, 0.25) is 0 Å². The molecule has 1 atom stereocenters. The third kappa shape index (κ3) is 1.32. The largest absolute Gasteiger partial charge is 0.481 e. The number of aryl methyl sites for hydroxylation is 1. The van der Waals surface area contributed by atoms with E-state index < -0.39 is 5.97 Å². The fraction of sp³-hybridized carbons (Fsp3) is 0.308. The summed E-state index contributed by atoms with van der Waals surface area (Å²) >= 11 is 0. The minimum atomic E-state index is -0.670. The molecule has 0 saturated carbocycles. The van der Waals surface area contributed by atoms with Gasteiger partial charge in [0.15, 0.2) is 0 Å². The Kier molecular flexibility index (Phi) is 1.99. The first-order valence-electron chi connectivity index (χ1n) is 5.57. The molecule has 0 spiro atoms. The van der Waals surface area contributed by atoms with E-state index in [2.05, 4.69) is 11.1 Å². The average molecular weight is 215 g/mol. The number of carboxylic acid groups (broad SMARTS) is 1. The van der Waals surface area contributed by atoms with Crippen molar-refractivity contribution in [3.63, 3.8) is 0 Å². The van der Waals surface area contributed by atoms with Crippen molar-refractivity contribution >= 4 is 16.9 Å². The number of carbonyl (C=O) groups is 1. The Morgan fingerprint density at radius 1 is 1.38 bits per heavy atom. The number of H-pyrrole nitrogens is 1. The number of hydrogen-bond donors (Lipinski definition) is 2. The molecular formula is C13H13NO2. The van der Waals surface area contributed by atoms with E-state index in [0.29, 0.717) is 6.42 Å². The second-order valence-electron chi connectivity index (χ2n) is 4.41. The summed E-state index contributed by atoms with van der Waals surface area (Å²) in [5, 5.41) is 10.2. The highest BCUT2D eigenvalue weighted by Crippen LogP contribution is 2.31. The second-order valence-corrected chi connectivity index (χ2v) is 4.41. The molecule has 1 aliphatic carbocycles. The van der Waals surface area contributed by atoms with Gasteiger partial charge in [0.05, 0.1) is 5.92 Å². The molecular weight excluding hydrogens is 202 g/mol. The molecule has 0 amide bonds. The zero-order valence-corrected chi connectivity index (χ0v) is 8.86. The van der Waals surface area contributed by atoms with Gasteiger partial charge in [-0.15, -0.1) is 0 Å². The molecule has 3 rings (SSSR count). The average Bonchev–Trinajstić information content (AvgIpc) is 2.66. The van der Waals surface area contributed by atoms with Crippen LogP contribution in [0, 0.1) is 5.92 Å². The predicted octanol–water partition coefficient (Wildman–Crippen LogP) is 2.36. The highest BCUT2D eigenvalue weighted by molar-refractivity contribution is 5.85. The molecule has 1 heterocycles. The van der Waals surface area contributed by atoms with Crippen LogP contribution in [0.5, 0.6) is 0 Å². The van der Waals surface area contributed by atoms with Gasteiger partial charge in [-0.05, 0) is 30.9 Å². The fourth-order valence-electron chi connectivity index (χ4n) is 2.58. The normalized spacial score (nSPS) is 19.6. The molecule has 2 N–H and O–H groups in total. The van der Waals surface area contributed by atoms with Gasteiger partial charge in [-0.3, -0.25) is 4.79 Å². The van der Waals surface area contributed by atoms with E-state index in [1.807, 2.05) is 18.2 Å². The van der Waals surface area contributed by atoms with Crippen LogP contribution in [0.1, 0.15) is 17.7 Å². The van der Waals surface area contributed by atoms with Gasteiger partial charge >= 0.3 is 5.97 Å². The fourth-order valence-corrected chi connectivity index (χ4v) is 2.58. The lowest BCUT2D eigenvalue weighted by Crippen LogP contribution is -2.21. The summed E-state index contributed by atoms with van der Waals surface area (Å²) in [4.78, 5) is 14.4. The molecule has 1 aliphatic rings. The van der Waals surface area contributed by atoms with Crippen LogP contribution in [0.15, 0.2) is 24.3 Å². The lowest BCUT2D eigenvalue weighted by molar-refractivity contribution is -0.142. The summed E-state index contributed by atoms with van der Waals surface area (Å²) in [6.07, 6.45) is 2.25. The Morgan fingerprint density at radius 2 is 2.19 bits per heavy atom. The molecule has 16 heavy (non-hydrogen) atoms. The van der Waals surface area contributed by atoms with E-state index in [4.69, 9.17) is 5.11 Å². The van der Waals surface area contributed by atoms with E-state index >= 15 is 0 Å². The molecule has 1 aromatic heterocycles. The van der Waals surface area contributed by atoms with Crippen LogP contribution < -0.4 is 0 Å². The van der Waals surface area contributed by atoms with Gasteiger partial charge in [-0.25, -0.2) is 0 Å². The van der Waals surface area contributed by atoms with Crippen molar-refractivity contribution in [2.75, 3.05) is 0 Å². The third-order valence-electron chi connectivity index (χ3n) is 3.44.